The van der Waals surface area contributed by atoms with E-state index in [1.165, 1.54) is 11.3 Å². The zero-order valence-electron chi connectivity index (χ0n) is 16.3. The summed E-state index contributed by atoms with van der Waals surface area (Å²) >= 11 is 0. The summed E-state index contributed by atoms with van der Waals surface area (Å²) in [6.07, 6.45) is 7.06. The average molecular weight is 473 g/mol. The molecule has 0 aromatic carbocycles. The number of aryl methyl sites for hydroxylation is 5. The second-order valence-electron chi connectivity index (χ2n) is 6.32. The van der Waals surface area contributed by atoms with Crippen LogP contribution in [0.2, 0.25) is 0 Å². The summed E-state index contributed by atoms with van der Waals surface area (Å²) in [6.45, 7) is 9.67. The minimum absolute atomic E-state index is 0. The van der Waals surface area contributed by atoms with Gasteiger partial charge in [-0.1, -0.05) is 0 Å². The predicted molar refractivity (Wildman–Crippen MR) is 117 cm³/mol. The number of rotatable bonds is 9. The first-order chi connectivity index (χ1) is 12.1. The van der Waals surface area contributed by atoms with Gasteiger partial charge >= 0.3 is 0 Å². The number of hydrogen-bond donors (Lipinski definition) is 2. The summed E-state index contributed by atoms with van der Waals surface area (Å²) in [5.41, 5.74) is 3.56. The lowest BCUT2D eigenvalue weighted by Crippen LogP contribution is -2.38. The molecule has 0 unspecified atom stereocenters. The maximum absolute atomic E-state index is 4.65. The highest BCUT2D eigenvalue weighted by atomic mass is 127. The van der Waals surface area contributed by atoms with E-state index in [1.54, 1.807) is 0 Å². The zero-order chi connectivity index (χ0) is 18.1. The quantitative estimate of drug-likeness (QED) is 0.254. The van der Waals surface area contributed by atoms with Crippen molar-refractivity contribution in [3.8, 4) is 0 Å². The summed E-state index contributed by atoms with van der Waals surface area (Å²) in [6, 6.07) is 2.11. The van der Waals surface area contributed by atoms with E-state index in [2.05, 4.69) is 56.6 Å². The number of aromatic nitrogens is 4. The largest absolute Gasteiger partial charge is 0.357 e. The van der Waals surface area contributed by atoms with Crippen LogP contribution < -0.4 is 10.6 Å². The Hall–Kier alpha value is -1.58. The molecule has 2 aromatic heterocycles. The van der Waals surface area contributed by atoms with Crippen molar-refractivity contribution in [2.45, 2.75) is 46.6 Å². The van der Waals surface area contributed by atoms with Crippen LogP contribution in [-0.4, -0.2) is 45.2 Å². The van der Waals surface area contributed by atoms with Gasteiger partial charge in [-0.2, -0.15) is 10.2 Å². The van der Waals surface area contributed by atoms with Crippen molar-refractivity contribution >= 4 is 29.9 Å². The molecule has 8 heteroatoms. The smallest absolute Gasteiger partial charge is 0.191 e. The molecule has 2 aromatic rings. The molecule has 0 atom stereocenters. The fourth-order valence-corrected chi connectivity index (χ4v) is 2.75. The topological polar surface area (TPSA) is 72.1 Å². The van der Waals surface area contributed by atoms with Gasteiger partial charge in [-0.3, -0.25) is 14.4 Å². The van der Waals surface area contributed by atoms with Gasteiger partial charge in [0.1, 0.15) is 0 Å². The highest BCUT2D eigenvalue weighted by Crippen LogP contribution is 2.03. The van der Waals surface area contributed by atoms with Crippen LogP contribution in [0, 0.1) is 13.8 Å². The maximum atomic E-state index is 4.65. The van der Waals surface area contributed by atoms with Gasteiger partial charge in [-0.15, -0.1) is 24.0 Å². The molecular weight excluding hydrogens is 441 g/mol. The van der Waals surface area contributed by atoms with Crippen molar-refractivity contribution in [1.29, 1.82) is 0 Å². The Kier molecular flexibility index (Phi) is 10.3. The van der Waals surface area contributed by atoms with Crippen molar-refractivity contribution in [2.24, 2.45) is 12.0 Å². The van der Waals surface area contributed by atoms with E-state index in [0.717, 1.165) is 57.1 Å². The Bertz CT molecular complexity index is 675. The normalized spacial score (nSPS) is 11.3. The standard InChI is InChI=1S/C18H31N7.HI/c1-5-19-18(20-9-6-8-17-13-22-24(4)14-17)21-10-7-11-25-16(3)12-15(2)23-25;/h12-14H,5-11H2,1-4H3,(H2,19,20,21);1H. The third-order valence-corrected chi connectivity index (χ3v) is 3.94. The number of nitrogens with one attached hydrogen (secondary N) is 2. The van der Waals surface area contributed by atoms with Gasteiger partial charge in [0.2, 0.25) is 0 Å². The van der Waals surface area contributed by atoms with Crippen LogP contribution in [0.3, 0.4) is 0 Å². The van der Waals surface area contributed by atoms with Crippen LogP contribution in [0.5, 0.6) is 0 Å². The molecule has 0 bridgehead atoms. The van der Waals surface area contributed by atoms with Crippen LogP contribution >= 0.6 is 24.0 Å². The van der Waals surface area contributed by atoms with Crippen molar-refractivity contribution < 1.29 is 0 Å². The molecular formula is C18H32IN7. The summed E-state index contributed by atoms with van der Waals surface area (Å²) in [7, 11) is 1.95. The van der Waals surface area contributed by atoms with E-state index in [0.29, 0.717) is 0 Å². The fourth-order valence-electron chi connectivity index (χ4n) is 2.75. The SMILES string of the molecule is CCNC(=NCCCn1nc(C)cc1C)NCCCc1cnn(C)c1.I. The molecule has 7 nitrogen and oxygen atoms in total. The zero-order valence-corrected chi connectivity index (χ0v) is 18.7. The molecule has 0 amide bonds. The first-order valence-electron chi connectivity index (χ1n) is 9.09. The molecule has 146 valence electrons. The first-order valence-corrected chi connectivity index (χ1v) is 9.09. The van der Waals surface area contributed by atoms with Gasteiger partial charge in [0, 0.05) is 45.1 Å². The maximum Gasteiger partial charge on any atom is 0.191 e. The van der Waals surface area contributed by atoms with Crippen molar-refractivity contribution in [3.05, 3.63) is 35.4 Å². The van der Waals surface area contributed by atoms with E-state index in [-0.39, 0.29) is 24.0 Å². The molecule has 2 rings (SSSR count). The van der Waals surface area contributed by atoms with Crippen LogP contribution in [0.4, 0.5) is 0 Å². The summed E-state index contributed by atoms with van der Waals surface area (Å²) in [5, 5.41) is 15.4. The van der Waals surface area contributed by atoms with Crippen molar-refractivity contribution in [2.75, 3.05) is 19.6 Å². The number of guanidine groups is 1. The first kappa shape index (κ1) is 22.5. The van der Waals surface area contributed by atoms with Crippen LogP contribution in [0.1, 0.15) is 36.7 Å². The van der Waals surface area contributed by atoms with Crippen LogP contribution in [0.15, 0.2) is 23.5 Å². The lowest BCUT2D eigenvalue weighted by molar-refractivity contribution is 0.567. The van der Waals surface area contributed by atoms with Crippen LogP contribution in [0.25, 0.3) is 0 Å². The van der Waals surface area contributed by atoms with Gasteiger partial charge in [0.15, 0.2) is 5.96 Å². The Morgan fingerprint density at radius 2 is 2.04 bits per heavy atom. The molecule has 26 heavy (non-hydrogen) atoms. The molecule has 0 saturated carbocycles. The van der Waals surface area contributed by atoms with Gasteiger partial charge in [0.05, 0.1) is 11.9 Å². The molecule has 2 heterocycles. The van der Waals surface area contributed by atoms with E-state index >= 15 is 0 Å². The molecule has 0 aliphatic carbocycles. The van der Waals surface area contributed by atoms with E-state index in [4.69, 9.17) is 0 Å². The Morgan fingerprint density at radius 1 is 1.23 bits per heavy atom. The Labute approximate surface area is 173 Å². The summed E-state index contributed by atoms with van der Waals surface area (Å²) in [4.78, 5) is 4.65. The number of halogens is 1. The number of hydrogen-bond acceptors (Lipinski definition) is 3. The second-order valence-corrected chi connectivity index (χ2v) is 6.32. The average Bonchev–Trinajstić information content (AvgIpc) is 3.12. The third-order valence-electron chi connectivity index (χ3n) is 3.94. The fraction of sp³-hybridized carbons (Fsp3) is 0.611. The Balaban J connectivity index is 0.00000338. The second kappa shape index (κ2) is 11.9. The van der Waals surface area contributed by atoms with Crippen LogP contribution in [-0.2, 0) is 20.0 Å². The van der Waals surface area contributed by atoms with E-state index < -0.39 is 0 Å². The molecule has 0 aliphatic heterocycles. The number of aliphatic imine (C=N–C) groups is 1. The summed E-state index contributed by atoms with van der Waals surface area (Å²) in [5.74, 6) is 0.891. The monoisotopic (exact) mass is 473 g/mol. The van der Waals surface area contributed by atoms with Crippen molar-refractivity contribution in [3.63, 3.8) is 0 Å². The molecule has 0 radical (unpaired) electrons. The summed E-state index contributed by atoms with van der Waals surface area (Å²) < 4.78 is 3.90. The van der Waals surface area contributed by atoms with Gasteiger partial charge in [0.25, 0.3) is 0 Å². The molecule has 2 N–H and O–H groups in total. The molecule has 0 saturated heterocycles. The molecule has 0 fully saturated rings. The van der Waals surface area contributed by atoms with E-state index in [1.807, 2.05) is 24.9 Å². The van der Waals surface area contributed by atoms with Crippen molar-refractivity contribution in [1.82, 2.24) is 30.2 Å². The predicted octanol–water partition coefficient (Wildman–Crippen LogP) is 2.43. The highest BCUT2D eigenvalue weighted by Gasteiger charge is 2.01. The lowest BCUT2D eigenvalue weighted by Gasteiger charge is -2.11. The van der Waals surface area contributed by atoms with E-state index in [9.17, 15) is 0 Å². The molecule has 0 aliphatic rings. The Morgan fingerprint density at radius 3 is 2.65 bits per heavy atom. The van der Waals surface area contributed by atoms with Gasteiger partial charge in [-0.25, -0.2) is 0 Å². The minimum Gasteiger partial charge on any atom is -0.357 e. The third kappa shape index (κ3) is 7.76. The highest BCUT2D eigenvalue weighted by molar-refractivity contribution is 14.0. The number of nitrogens with zero attached hydrogens (tertiary/aromatic N) is 5. The molecule has 0 spiro atoms. The minimum atomic E-state index is 0. The lowest BCUT2D eigenvalue weighted by atomic mass is 10.2. The van der Waals surface area contributed by atoms with Gasteiger partial charge < -0.3 is 10.6 Å². The van der Waals surface area contributed by atoms with Gasteiger partial charge in [-0.05, 0) is 51.7 Å².